The Hall–Kier alpha value is -3.52. The molecule has 1 atom stereocenters. The Bertz CT molecular complexity index is 1140. The minimum Gasteiger partial charge on any atom is -0.507 e. The Kier molecular flexibility index (Phi) is 7.84. The van der Waals surface area contributed by atoms with Gasteiger partial charge in [0.2, 0.25) is 0 Å². The summed E-state index contributed by atoms with van der Waals surface area (Å²) in [4.78, 5) is 32.4. The van der Waals surface area contributed by atoms with Gasteiger partial charge in [0, 0.05) is 31.9 Å². The van der Waals surface area contributed by atoms with Crippen LogP contribution in [0.2, 0.25) is 0 Å². The van der Waals surface area contributed by atoms with E-state index >= 15 is 0 Å². The molecular weight excluding hydrogens is 458 g/mol. The standard InChI is InChI=1S/C28H35N3O5/c1-5-30(6-2)14-7-15-31-25(19-8-11-21(12-9-19)29(3)4)24(27(33)28(31)34)26(32)20-10-13-22-23(18-20)36-17-16-35-22/h8-13,18,25,32H,5-7,14-17H2,1-4H3/b26-24-. The molecule has 0 spiro atoms. The van der Waals surface area contributed by atoms with Crippen LogP contribution in [0.4, 0.5) is 5.69 Å². The van der Waals surface area contributed by atoms with E-state index in [9.17, 15) is 14.7 Å². The fourth-order valence-corrected chi connectivity index (χ4v) is 4.76. The number of hydrogen-bond acceptors (Lipinski definition) is 7. The van der Waals surface area contributed by atoms with Crippen molar-refractivity contribution in [2.24, 2.45) is 0 Å². The van der Waals surface area contributed by atoms with Crippen LogP contribution >= 0.6 is 0 Å². The minimum absolute atomic E-state index is 0.0946. The fourth-order valence-electron chi connectivity index (χ4n) is 4.76. The molecule has 8 heteroatoms. The normalized spacial score (nSPS) is 18.7. The number of likely N-dealkylation sites (tertiary alicyclic amines) is 1. The lowest BCUT2D eigenvalue weighted by molar-refractivity contribution is -0.140. The third-order valence-electron chi connectivity index (χ3n) is 6.85. The number of Topliss-reactive ketones (excluding diaryl/α,β-unsaturated/α-hetero) is 1. The SMILES string of the molecule is CCN(CC)CCCN1C(=O)C(=O)/C(=C(\O)c2ccc3c(c2)OCCO3)C1c1ccc(N(C)C)cc1. The molecule has 2 aliphatic heterocycles. The number of aliphatic hydroxyl groups is 1. The maximum absolute atomic E-state index is 13.3. The van der Waals surface area contributed by atoms with Gasteiger partial charge in [-0.25, -0.2) is 0 Å². The quantitative estimate of drug-likeness (QED) is 0.324. The summed E-state index contributed by atoms with van der Waals surface area (Å²) in [5.74, 6) is -0.378. The predicted octanol–water partition coefficient (Wildman–Crippen LogP) is 3.68. The monoisotopic (exact) mass is 493 g/mol. The van der Waals surface area contributed by atoms with Crippen LogP contribution in [-0.4, -0.2) is 80.1 Å². The number of fused-ring (bicyclic) bond motifs is 1. The van der Waals surface area contributed by atoms with Crippen molar-refractivity contribution in [2.75, 3.05) is 58.4 Å². The Morgan fingerprint density at radius 3 is 2.31 bits per heavy atom. The molecule has 0 radical (unpaired) electrons. The van der Waals surface area contributed by atoms with Crippen molar-refractivity contribution >= 4 is 23.1 Å². The topological polar surface area (TPSA) is 82.6 Å². The molecule has 2 aromatic rings. The second-order valence-electron chi connectivity index (χ2n) is 9.22. The van der Waals surface area contributed by atoms with Crippen LogP contribution in [0, 0.1) is 0 Å². The van der Waals surface area contributed by atoms with Crippen molar-refractivity contribution in [3.05, 3.63) is 59.2 Å². The highest BCUT2D eigenvalue weighted by atomic mass is 16.6. The molecule has 0 aromatic heterocycles. The lowest BCUT2D eigenvalue weighted by Crippen LogP contribution is -2.33. The molecule has 1 unspecified atom stereocenters. The molecule has 4 rings (SSSR count). The van der Waals surface area contributed by atoms with E-state index < -0.39 is 17.7 Å². The molecule has 1 amide bonds. The van der Waals surface area contributed by atoms with E-state index in [2.05, 4.69) is 18.7 Å². The number of nitrogens with zero attached hydrogens (tertiary/aromatic N) is 3. The van der Waals surface area contributed by atoms with Crippen molar-refractivity contribution in [1.29, 1.82) is 0 Å². The first-order valence-electron chi connectivity index (χ1n) is 12.5. The van der Waals surface area contributed by atoms with E-state index in [4.69, 9.17) is 9.47 Å². The van der Waals surface area contributed by atoms with Crippen LogP contribution in [0.3, 0.4) is 0 Å². The fraction of sp³-hybridized carbons (Fsp3) is 0.429. The molecule has 2 aromatic carbocycles. The van der Waals surface area contributed by atoms with Crippen LogP contribution in [0.15, 0.2) is 48.0 Å². The number of carbonyl (C=O) groups is 2. The molecule has 8 nitrogen and oxygen atoms in total. The van der Waals surface area contributed by atoms with Gasteiger partial charge in [-0.15, -0.1) is 0 Å². The summed E-state index contributed by atoms with van der Waals surface area (Å²) in [5, 5.41) is 11.4. The number of rotatable bonds is 9. The Balaban J connectivity index is 1.74. The number of ketones is 1. The second-order valence-corrected chi connectivity index (χ2v) is 9.22. The van der Waals surface area contributed by atoms with E-state index in [1.54, 1.807) is 23.1 Å². The lowest BCUT2D eigenvalue weighted by Gasteiger charge is -2.27. The first kappa shape index (κ1) is 25.6. The predicted molar refractivity (Wildman–Crippen MR) is 140 cm³/mol. The lowest BCUT2D eigenvalue weighted by atomic mass is 9.95. The van der Waals surface area contributed by atoms with E-state index in [1.807, 2.05) is 43.3 Å². The van der Waals surface area contributed by atoms with Gasteiger partial charge < -0.3 is 29.3 Å². The van der Waals surface area contributed by atoms with Gasteiger partial charge in [-0.3, -0.25) is 9.59 Å². The highest BCUT2D eigenvalue weighted by molar-refractivity contribution is 6.46. The van der Waals surface area contributed by atoms with Gasteiger partial charge in [-0.1, -0.05) is 26.0 Å². The smallest absolute Gasteiger partial charge is 0.295 e. The van der Waals surface area contributed by atoms with Crippen LogP contribution in [-0.2, 0) is 9.59 Å². The van der Waals surface area contributed by atoms with E-state index in [0.717, 1.165) is 37.3 Å². The molecule has 1 N–H and O–H groups in total. The van der Waals surface area contributed by atoms with Gasteiger partial charge in [0.1, 0.15) is 19.0 Å². The molecule has 1 fully saturated rings. The number of anilines is 1. The Morgan fingerprint density at radius 1 is 1.00 bits per heavy atom. The number of benzene rings is 2. The zero-order chi connectivity index (χ0) is 25.8. The summed E-state index contributed by atoms with van der Waals surface area (Å²) >= 11 is 0. The zero-order valence-electron chi connectivity index (χ0n) is 21.5. The largest absolute Gasteiger partial charge is 0.507 e. The summed E-state index contributed by atoms with van der Waals surface area (Å²) in [5.41, 5.74) is 2.29. The molecule has 2 aliphatic rings. The van der Waals surface area contributed by atoms with E-state index in [-0.39, 0.29) is 11.3 Å². The summed E-state index contributed by atoms with van der Waals surface area (Å²) < 4.78 is 11.2. The molecule has 1 saturated heterocycles. The first-order valence-corrected chi connectivity index (χ1v) is 12.5. The van der Waals surface area contributed by atoms with E-state index in [1.165, 1.54) is 0 Å². The van der Waals surface area contributed by atoms with Crippen molar-refractivity contribution in [3.63, 3.8) is 0 Å². The first-order chi connectivity index (χ1) is 17.3. The molecule has 36 heavy (non-hydrogen) atoms. The zero-order valence-corrected chi connectivity index (χ0v) is 21.5. The van der Waals surface area contributed by atoms with Gasteiger partial charge in [0.05, 0.1) is 11.6 Å². The van der Waals surface area contributed by atoms with Crippen molar-refractivity contribution in [3.8, 4) is 11.5 Å². The van der Waals surface area contributed by atoms with Gasteiger partial charge in [-0.2, -0.15) is 0 Å². The summed E-state index contributed by atoms with van der Waals surface area (Å²) in [6.45, 7) is 8.17. The Morgan fingerprint density at radius 2 is 1.67 bits per heavy atom. The number of aliphatic hydroxyl groups excluding tert-OH is 1. The minimum atomic E-state index is -0.675. The van der Waals surface area contributed by atoms with E-state index in [0.29, 0.717) is 36.8 Å². The third-order valence-corrected chi connectivity index (χ3v) is 6.85. The van der Waals surface area contributed by atoms with Crippen LogP contribution in [0.25, 0.3) is 5.76 Å². The molecule has 0 bridgehead atoms. The number of carbonyl (C=O) groups excluding carboxylic acids is 2. The Labute approximate surface area is 212 Å². The maximum atomic E-state index is 13.3. The van der Waals surface area contributed by atoms with Crippen LogP contribution < -0.4 is 14.4 Å². The van der Waals surface area contributed by atoms with Crippen LogP contribution in [0.1, 0.15) is 37.4 Å². The molecule has 0 saturated carbocycles. The number of ether oxygens (including phenoxy) is 2. The van der Waals surface area contributed by atoms with Gasteiger partial charge in [0.15, 0.2) is 11.5 Å². The highest BCUT2D eigenvalue weighted by Crippen LogP contribution is 2.41. The molecular formula is C28H35N3O5. The average Bonchev–Trinajstić information content (AvgIpc) is 3.15. The third kappa shape index (κ3) is 5.04. The summed E-state index contributed by atoms with van der Waals surface area (Å²) in [7, 11) is 3.91. The van der Waals surface area contributed by atoms with Crippen molar-refractivity contribution in [2.45, 2.75) is 26.3 Å². The van der Waals surface area contributed by atoms with Gasteiger partial charge in [-0.05, 0) is 62.0 Å². The van der Waals surface area contributed by atoms with Gasteiger partial charge in [0.25, 0.3) is 11.7 Å². The number of hydrogen-bond donors (Lipinski definition) is 1. The second kappa shape index (κ2) is 11.0. The highest BCUT2D eigenvalue weighted by Gasteiger charge is 2.45. The molecule has 2 heterocycles. The van der Waals surface area contributed by atoms with Crippen LogP contribution in [0.5, 0.6) is 11.5 Å². The van der Waals surface area contributed by atoms with Crippen molar-refractivity contribution in [1.82, 2.24) is 9.80 Å². The summed E-state index contributed by atoms with van der Waals surface area (Å²) in [6, 6.07) is 12.1. The summed E-state index contributed by atoms with van der Waals surface area (Å²) in [6.07, 6.45) is 0.727. The van der Waals surface area contributed by atoms with Gasteiger partial charge >= 0.3 is 0 Å². The number of amides is 1. The maximum Gasteiger partial charge on any atom is 0.295 e. The molecule has 192 valence electrons. The average molecular weight is 494 g/mol. The van der Waals surface area contributed by atoms with Crippen molar-refractivity contribution < 1.29 is 24.2 Å². The molecule has 0 aliphatic carbocycles.